The first-order chi connectivity index (χ1) is 14.4. The zero-order valence-electron chi connectivity index (χ0n) is 20.6. The Morgan fingerprint density at radius 1 is 0.414 bits per heavy atom. The van der Waals surface area contributed by atoms with Crippen LogP contribution in [-0.2, 0) is 0 Å². The Kier molecular flexibility index (Phi) is 27.1. The van der Waals surface area contributed by atoms with E-state index in [1.807, 2.05) is 0 Å². The van der Waals surface area contributed by atoms with Gasteiger partial charge in [0.05, 0.1) is 0 Å². The van der Waals surface area contributed by atoms with Gasteiger partial charge in [0.25, 0.3) is 0 Å². The zero-order valence-corrected chi connectivity index (χ0v) is 20.6. The molecule has 29 heavy (non-hydrogen) atoms. The molecule has 0 fully saturated rings. The molecule has 0 aliphatic heterocycles. The lowest BCUT2D eigenvalue weighted by molar-refractivity contribution is 0.521. The van der Waals surface area contributed by atoms with E-state index in [1.54, 1.807) is 0 Å². The second-order valence-corrected chi connectivity index (χ2v) is 9.22. The van der Waals surface area contributed by atoms with Crippen LogP contribution in [-0.4, -0.2) is 6.54 Å². The van der Waals surface area contributed by atoms with E-state index in [0.29, 0.717) is 0 Å². The summed E-state index contributed by atoms with van der Waals surface area (Å²) < 4.78 is 0. The summed E-state index contributed by atoms with van der Waals surface area (Å²) in [6.07, 6.45) is 37.4. The number of nitrogens with one attached hydrogen (secondary N) is 1. The molecule has 0 aromatic rings. The van der Waals surface area contributed by atoms with Crippen molar-refractivity contribution in [1.29, 1.82) is 0 Å². The number of rotatable bonds is 25. The second kappa shape index (κ2) is 27.5. The Bertz CT molecular complexity index is 297. The third-order valence-electron chi connectivity index (χ3n) is 6.13. The molecule has 1 heteroatoms. The van der Waals surface area contributed by atoms with Gasteiger partial charge in [0.1, 0.15) is 0 Å². The second-order valence-electron chi connectivity index (χ2n) is 9.22. The topological polar surface area (TPSA) is 12.0 Å². The molecule has 1 nitrogen and oxygen atoms in total. The zero-order chi connectivity index (χ0) is 21.1. The molecule has 1 N–H and O–H groups in total. The van der Waals surface area contributed by atoms with Gasteiger partial charge < -0.3 is 5.32 Å². The van der Waals surface area contributed by atoms with Gasteiger partial charge in [-0.05, 0) is 19.0 Å². The average Bonchev–Trinajstić information content (AvgIpc) is 2.74. The van der Waals surface area contributed by atoms with Crippen LogP contribution < -0.4 is 5.32 Å². The van der Waals surface area contributed by atoms with Gasteiger partial charge in [0, 0.05) is 6.54 Å². The molecule has 0 aliphatic carbocycles. The fraction of sp³-hybridized carbons (Fsp3) is 0.929. The molecule has 0 bridgehead atoms. The average molecular weight is 408 g/mol. The molecule has 0 aliphatic rings. The first-order valence-electron chi connectivity index (χ1n) is 13.8. The minimum atomic E-state index is 1.15. The molecule has 0 heterocycles. The van der Waals surface area contributed by atoms with Crippen LogP contribution in [0.1, 0.15) is 162 Å². The van der Waals surface area contributed by atoms with Crippen molar-refractivity contribution in [3.05, 3.63) is 12.3 Å². The largest absolute Gasteiger partial charge is 0.391 e. The lowest BCUT2D eigenvalue weighted by atomic mass is 10.0. The molecule has 0 radical (unpaired) electrons. The molecule has 0 aromatic heterocycles. The molecule has 0 aromatic carbocycles. The van der Waals surface area contributed by atoms with Crippen molar-refractivity contribution < 1.29 is 0 Å². The first-order valence-corrected chi connectivity index (χ1v) is 13.8. The minimum Gasteiger partial charge on any atom is -0.391 e. The van der Waals surface area contributed by atoms with E-state index in [4.69, 9.17) is 0 Å². The lowest BCUT2D eigenvalue weighted by Gasteiger charge is -2.04. The molecule has 0 atom stereocenters. The van der Waals surface area contributed by atoms with Crippen molar-refractivity contribution in [2.45, 2.75) is 162 Å². The third kappa shape index (κ3) is 27.5. The van der Waals surface area contributed by atoms with E-state index >= 15 is 0 Å². The molecular formula is C28H57N. The molecule has 0 unspecified atom stereocenters. The number of hydrogen-bond donors (Lipinski definition) is 1. The maximum absolute atomic E-state index is 3.42. The highest BCUT2D eigenvalue weighted by atomic mass is 14.8. The summed E-state index contributed by atoms with van der Waals surface area (Å²) in [6, 6.07) is 0. The Morgan fingerprint density at radius 3 is 1.14 bits per heavy atom. The molecule has 0 saturated heterocycles. The molecule has 0 rings (SSSR count). The quantitative estimate of drug-likeness (QED) is 0.148. The van der Waals surface area contributed by atoms with Crippen molar-refractivity contribution in [3.8, 4) is 0 Å². The van der Waals surface area contributed by atoms with Gasteiger partial charge in [0.15, 0.2) is 0 Å². The molecule has 0 spiro atoms. The van der Waals surface area contributed by atoms with Crippen LogP contribution in [0.2, 0.25) is 0 Å². The number of unbranched alkanes of at least 4 members (excludes halogenated alkanes) is 21. The Balaban J connectivity index is 3.01. The van der Waals surface area contributed by atoms with Crippen LogP contribution >= 0.6 is 0 Å². The predicted molar refractivity (Wildman–Crippen MR) is 135 cm³/mol. The fourth-order valence-corrected chi connectivity index (χ4v) is 4.05. The van der Waals surface area contributed by atoms with Crippen molar-refractivity contribution >= 4 is 0 Å². The van der Waals surface area contributed by atoms with Crippen molar-refractivity contribution in [2.24, 2.45) is 0 Å². The summed E-state index contributed by atoms with van der Waals surface area (Å²) in [5.41, 5.74) is 0. The van der Waals surface area contributed by atoms with E-state index in [-0.39, 0.29) is 0 Å². The lowest BCUT2D eigenvalue weighted by Crippen LogP contribution is -2.06. The monoisotopic (exact) mass is 407 g/mol. The third-order valence-corrected chi connectivity index (χ3v) is 6.13. The maximum Gasteiger partial charge on any atom is 0.0141 e. The predicted octanol–water partition coefficient (Wildman–Crippen LogP) is 10.1. The first kappa shape index (κ1) is 28.5. The van der Waals surface area contributed by atoms with Crippen LogP contribution in [0, 0.1) is 0 Å². The molecular weight excluding hydrogens is 350 g/mol. The van der Waals surface area contributed by atoms with Crippen LogP contribution in [0.4, 0.5) is 0 Å². The normalized spacial score (nSPS) is 11.5. The number of hydrogen-bond acceptors (Lipinski definition) is 1. The van der Waals surface area contributed by atoms with Crippen LogP contribution in [0.15, 0.2) is 12.3 Å². The van der Waals surface area contributed by atoms with Crippen molar-refractivity contribution in [2.75, 3.05) is 6.54 Å². The highest BCUT2D eigenvalue weighted by Crippen LogP contribution is 2.14. The van der Waals surface area contributed by atoms with Crippen LogP contribution in [0.25, 0.3) is 0 Å². The van der Waals surface area contributed by atoms with Gasteiger partial charge in [-0.1, -0.05) is 155 Å². The van der Waals surface area contributed by atoms with E-state index in [2.05, 4.69) is 31.4 Å². The maximum atomic E-state index is 3.42. The summed E-state index contributed by atoms with van der Waals surface area (Å²) >= 11 is 0. The van der Waals surface area contributed by atoms with Crippen LogP contribution in [0.5, 0.6) is 0 Å². The molecule has 0 saturated carbocycles. The Hall–Kier alpha value is -0.460. The van der Waals surface area contributed by atoms with Gasteiger partial charge >= 0.3 is 0 Å². The molecule has 0 amide bonds. The van der Waals surface area contributed by atoms with E-state index < -0.39 is 0 Å². The van der Waals surface area contributed by atoms with Gasteiger partial charge in [-0.3, -0.25) is 0 Å². The minimum absolute atomic E-state index is 1.15. The van der Waals surface area contributed by atoms with Gasteiger partial charge in [-0.2, -0.15) is 0 Å². The van der Waals surface area contributed by atoms with Gasteiger partial charge in [0.2, 0.25) is 0 Å². The highest BCUT2D eigenvalue weighted by molar-refractivity contribution is 4.78. The van der Waals surface area contributed by atoms with E-state index in [0.717, 1.165) is 6.54 Å². The van der Waals surface area contributed by atoms with E-state index in [9.17, 15) is 0 Å². The Morgan fingerprint density at radius 2 is 0.759 bits per heavy atom. The standard InChI is InChI=1S/C28H57N/c1-3-5-7-9-10-11-12-13-14-15-16-17-18-19-20-21-22-23-24-26-28-29-27-25-8-6-4-2/h25,27,29H,3-24,26,28H2,1-2H3. The fourth-order valence-electron chi connectivity index (χ4n) is 4.05. The van der Waals surface area contributed by atoms with Gasteiger partial charge in [-0.25, -0.2) is 0 Å². The summed E-state index contributed by atoms with van der Waals surface area (Å²) in [6.45, 7) is 5.71. The summed E-state index contributed by atoms with van der Waals surface area (Å²) in [7, 11) is 0. The SMILES string of the molecule is CCCCC=CNCCCCCCCCCCCCCCCCCCCCCC. The van der Waals surface area contributed by atoms with E-state index in [1.165, 1.54) is 148 Å². The van der Waals surface area contributed by atoms with Crippen molar-refractivity contribution in [3.63, 3.8) is 0 Å². The summed E-state index contributed by atoms with van der Waals surface area (Å²) in [5, 5.41) is 3.42. The van der Waals surface area contributed by atoms with Crippen LogP contribution in [0.3, 0.4) is 0 Å². The summed E-state index contributed by atoms with van der Waals surface area (Å²) in [5.74, 6) is 0. The van der Waals surface area contributed by atoms with Crippen molar-refractivity contribution in [1.82, 2.24) is 5.32 Å². The highest BCUT2D eigenvalue weighted by Gasteiger charge is 1.95. The Labute approximate surface area is 185 Å². The smallest absolute Gasteiger partial charge is 0.0141 e. The summed E-state index contributed by atoms with van der Waals surface area (Å²) in [4.78, 5) is 0. The number of allylic oxidation sites excluding steroid dienone is 1. The molecule has 174 valence electrons. The van der Waals surface area contributed by atoms with Gasteiger partial charge in [-0.15, -0.1) is 0 Å².